The van der Waals surface area contributed by atoms with E-state index in [4.69, 9.17) is 4.74 Å². The number of ether oxygens (including phenoxy) is 1. The summed E-state index contributed by atoms with van der Waals surface area (Å²) in [4.78, 5) is 2.54. The van der Waals surface area contributed by atoms with Gasteiger partial charge in [0.15, 0.2) is 0 Å². The van der Waals surface area contributed by atoms with E-state index in [0.29, 0.717) is 18.8 Å². The minimum Gasteiger partial charge on any atom is -0.370 e. The van der Waals surface area contributed by atoms with E-state index in [1.54, 1.807) is 0 Å². The highest BCUT2D eigenvalue weighted by atomic mass is 32.2. The fraction of sp³-hybridized carbons (Fsp3) is 0.833. The van der Waals surface area contributed by atoms with E-state index in [1.807, 2.05) is 18.0 Å². The minimum absolute atomic E-state index is 0.330. The standard InChI is InChI=1S/C12H20N4OS/c1-18-6-2-4-15-5-3-12-11(8-15)16-10(9-17-12)7-13-14-16/h7,11-12H,2-6,8-9H2,1H3/t11-,12+/m1/s1. The van der Waals surface area contributed by atoms with E-state index in [9.17, 15) is 0 Å². The molecule has 0 N–H and O–H groups in total. The van der Waals surface area contributed by atoms with Crippen LogP contribution in [0, 0.1) is 0 Å². The van der Waals surface area contributed by atoms with Crippen LogP contribution in [0.25, 0.3) is 0 Å². The molecule has 100 valence electrons. The normalized spacial score (nSPS) is 27.8. The summed E-state index contributed by atoms with van der Waals surface area (Å²) in [5.41, 5.74) is 1.11. The number of fused-ring (bicyclic) bond motifs is 3. The fourth-order valence-electron chi connectivity index (χ4n) is 2.88. The topological polar surface area (TPSA) is 43.2 Å². The van der Waals surface area contributed by atoms with Crippen molar-refractivity contribution in [3.05, 3.63) is 11.9 Å². The number of hydrogen-bond donors (Lipinski definition) is 0. The van der Waals surface area contributed by atoms with Crippen molar-refractivity contribution >= 4 is 11.8 Å². The van der Waals surface area contributed by atoms with Crippen molar-refractivity contribution in [2.75, 3.05) is 31.6 Å². The molecular formula is C12H20N4OS. The van der Waals surface area contributed by atoms with Gasteiger partial charge in [-0.05, 0) is 31.4 Å². The molecule has 18 heavy (non-hydrogen) atoms. The molecule has 1 aromatic rings. The summed E-state index contributed by atoms with van der Waals surface area (Å²) >= 11 is 1.92. The van der Waals surface area contributed by atoms with Crippen molar-refractivity contribution < 1.29 is 4.74 Å². The molecule has 1 saturated heterocycles. The molecule has 0 unspecified atom stereocenters. The lowest BCUT2D eigenvalue weighted by molar-refractivity contribution is -0.0654. The largest absolute Gasteiger partial charge is 0.370 e. The van der Waals surface area contributed by atoms with E-state index in [2.05, 4.69) is 26.1 Å². The summed E-state index contributed by atoms with van der Waals surface area (Å²) < 4.78 is 7.99. The molecule has 2 atom stereocenters. The molecule has 1 aromatic heterocycles. The Morgan fingerprint density at radius 3 is 3.39 bits per heavy atom. The Kier molecular flexibility index (Phi) is 3.86. The Bertz CT molecular complexity index is 397. The molecule has 0 saturated carbocycles. The fourth-order valence-corrected chi connectivity index (χ4v) is 3.30. The summed E-state index contributed by atoms with van der Waals surface area (Å²) in [6, 6.07) is 0.360. The van der Waals surface area contributed by atoms with Crippen molar-refractivity contribution in [2.24, 2.45) is 0 Å². The quantitative estimate of drug-likeness (QED) is 0.767. The van der Waals surface area contributed by atoms with Gasteiger partial charge in [-0.2, -0.15) is 11.8 Å². The number of nitrogens with zero attached hydrogens (tertiary/aromatic N) is 4. The predicted octanol–water partition coefficient (Wildman–Crippen LogP) is 1.18. The molecule has 0 aliphatic carbocycles. The van der Waals surface area contributed by atoms with Crippen LogP contribution in [-0.2, 0) is 11.3 Å². The first-order chi connectivity index (χ1) is 8.88. The van der Waals surface area contributed by atoms with Crippen molar-refractivity contribution in [3.63, 3.8) is 0 Å². The van der Waals surface area contributed by atoms with Crippen LogP contribution in [0.2, 0.25) is 0 Å². The zero-order chi connectivity index (χ0) is 12.4. The molecule has 3 heterocycles. The molecule has 1 fully saturated rings. The van der Waals surface area contributed by atoms with E-state index < -0.39 is 0 Å². The maximum absolute atomic E-state index is 5.91. The first kappa shape index (κ1) is 12.4. The van der Waals surface area contributed by atoms with Gasteiger partial charge in [0.05, 0.1) is 30.6 Å². The molecule has 0 bridgehead atoms. The van der Waals surface area contributed by atoms with E-state index in [1.165, 1.54) is 18.7 Å². The average molecular weight is 268 g/mol. The SMILES string of the molecule is CSCCCN1CC[C@@H]2OCc3cnnn3[C@@H]2C1. The van der Waals surface area contributed by atoms with Gasteiger partial charge in [0.2, 0.25) is 0 Å². The van der Waals surface area contributed by atoms with Gasteiger partial charge in [0.1, 0.15) is 0 Å². The third kappa shape index (κ3) is 2.41. The van der Waals surface area contributed by atoms with Gasteiger partial charge < -0.3 is 9.64 Å². The van der Waals surface area contributed by atoms with Crippen LogP contribution in [0.1, 0.15) is 24.6 Å². The summed E-state index contributed by atoms with van der Waals surface area (Å²) in [6.45, 7) is 4.06. The van der Waals surface area contributed by atoms with Crippen molar-refractivity contribution in [2.45, 2.75) is 31.6 Å². The van der Waals surface area contributed by atoms with Gasteiger partial charge in [-0.1, -0.05) is 5.21 Å². The first-order valence-corrected chi connectivity index (χ1v) is 8.00. The number of hydrogen-bond acceptors (Lipinski definition) is 5. The van der Waals surface area contributed by atoms with Crippen LogP contribution in [0.5, 0.6) is 0 Å². The number of thioether (sulfide) groups is 1. The van der Waals surface area contributed by atoms with E-state index >= 15 is 0 Å². The number of piperidine rings is 1. The molecule has 3 rings (SSSR count). The number of likely N-dealkylation sites (tertiary alicyclic amines) is 1. The van der Waals surface area contributed by atoms with Gasteiger partial charge in [-0.25, -0.2) is 4.68 Å². The van der Waals surface area contributed by atoms with Gasteiger partial charge >= 0.3 is 0 Å². The summed E-state index contributed by atoms with van der Waals surface area (Å²) in [6.07, 6.45) is 6.70. The highest BCUT2D eigenvalue weighted by Gasteiger charge is 2.35. The lowest BCUT2D eigenvalue weighted by atomic mass is 10.0. The van der Waals surface area contributed by atoms with E-state index in [-0.39, 0.29) is 0 Å². The maximum atomic E-state index is 5.91. The Morgan fingerprint density at radius 1 is 1.56 bits per heavy atom. The molecule has 2 aliphatic heterocycles. The molecule has 0 amide bonds. The zero-order valence-corrected chi connectivity index (χ0v) is 11.6. The van der Waals surface area contributed by atoms with Gasteiger partial charge in [0.25, 0.3) is 0 Å². The smallest absolute Gasteiger partial charge is 0.0929 e. The second-order valence-electron chi connectivity index (χ2n) is 5.02. The monoisotopic (exact) mass is 268 g/mol. The Balaban J connectivity index is 1.64. The van der Waals surface area contributed by atoms with Crippen LogP contribution >= 0.6 is 11.8 Å². The van der Waals surface area contributed by atoms with Crippen molar-refractivity contribution in [3.8, 4) is 0 Å². The lowest BCUT2D eigenvalue weighted by Crippen LogP contribution is -2.48. The Labute approximate surface area is 112 Å². The molecule has 6 heteroatoms. The minimum atomic E-state index is 0.330. The molecule has 5 nitrogen and oxygen atoms in total. The number of aromatic nitrogens is 3. The Hall–Kier alpha value is -0.590. The Morgan fingerprint density at radius 2 is 2.50 bits per heavy atom. The second-order valence-corrected chi connectivity index (χ2v) is 6.01. The summed E-state index contributed by atoms with van der Waals surface area (Å²) in [5.74, 6) is 1.25. The highest BCUT2D eigenvalue weighted by Crippen LogP contribution is 2.29. The molecule has 2 aliphatic rings. The third-order valence-electron chi connectivity index (χ3n) is 3.84. The predicted molar refractivity (Wildman–Crippen MR) is 71.7 cm³/mol. The molecule has 0 radical (unpaired) electrons. The van der Waals surface area contributed by atoms with Gasteiger partial charge in [-0.15, -0.1) is 5.10 Å². The van der Waals surface area contributed by atoms with Crippen LogP contribution in [0.3, 0.4) is 0 Å². The average Bonchev–Trinajstić information content (AvgIpc) is 2.87. The first-order valence-electron chi connectivity index (χ1n) is 6.60. The van der Waals surface area contributed by atoms with Gasteiger partial charge in [0, 0.05) is 13.1 Å². The third-order valence-corrected chi connectivity index (χ3v) is 4.53. The molecule has 0 spiro atoms. The maximum Gasteiger partial charge on any atom is 0.0929 e. The van der Waals surface area contributed by atoms with Crippen LogP contribution < -0.4 is 0 Å². The van der Waals surface area contributed by atoms with Crippen LogP contribution in [0.4, 0.5) is 0 Å². The molecule has 0 aromatic carbocycles. The van der Waals surface area contributed by atoms with E-state index in [0.717, 1.165) is 25.2 Å². The second kappa shape index (κ2) is 5.59. The lowest BCUT2D eigenvalue weighted by Gasteiger charge is -2.41. The van der Waals surface area contributed by atoms with Crippen LogP contribution in [0.15, 0.2) is 6.20 Å². The summed E-state index contributed by atoms with van der Waals surface area (Å²) in [5, 5.41) is 8.23. The van der Waals surface area contributed by atoms with Crippen molar-refractivity contribution in [1.82, 2.24) is 19.9 Å². The zero-order valence-electron chi connectivity index (χ0n) is 10.8. The van der Waals surface area contributed by atoms with Gasteiger partial charge in [-0.3, -0.25) is 0 Å². The van der Waals surface area contributed by atoms with Crippen LogP contribution in [-0.4, -0.2) is 57.6 Å². The highest BCUT2D eigenvalue weighted by molar-refractivity contribution is 7.98. The summed E-state index contributed by atoms with van der Waals surface area (Å²) in [7, 11) is 0. The van der Waals surface area contributed by atoms with Crippen molar-refractivity contribution in [1.29, 1.82) is 0 Å². The number of rotatable bonds is 4. The molecular weight excluding hydrogens is 248 g/mol.